The predicted molar refractivity (Wildman–Crippen MR) is 90.3 cm³/mol. The number of piperidine rings is 1. The maximum Gasteiger partial charge on any atom is 0.222 e. The van der Waals surface area contributed by atoms with Crippen LogP contribution in [0.1, 0.15) is 43.5 Å². The summed E-state index contributed by atoms with van der Waals surface area (Å²) in [6, 6.07) is 2.35. The van der Waals surface area contributed by atoms with E-state index in [4.69, 9.17) is 0 Å². The number of likely N-dealkylation sites (tertiary alicyclic amines) is 1. The molecule has 1 fully saturated rings. The normalized spacial score (nSPS) is 18.1. The molecule has 0 bridgehead atoms. The largest absolute Gasteiger partial charge is 0.338 e. The molecule has 24 heavy (non-hydrogen) atoms. The van der Waals surface area contributed by atoms with E-state index in [2.05, 4.69) is 33.1 Å². The molecule has 0 radical (unpaired) electrons. The zero-order valence-electron chi connectivity index (χ0n) is 14.6. The number of aromatic nitrogens is 5. The molecule has 7 heteroatoms. The molecule has 1 amide bonds. The highest BCUT2D eigenvalue weighted by molar-refractivity contribution is 5.76. The Morgan fingerprint density at radius 2 is 2.21 bits per heavy atom. The van der Waals surface area contributed by atoms with E-state index < -0.39 is 0 Å². The molecule has 1 aliphatic heterocycles. The SMILES string of the molecule is Cc1cc(C)n(C[C@@H]2CCCCN2C(=O)CCCn2cncn2)n1. The molecule has 0 saturated carbocycles. The van der Waals surface area contributed by atoms with E-state index in [0.29, 0.717) is 6.42 Å². The minimum Gasteiger partial charge on any atom is -0.338 e. The Morgan fingerprint density at radius 3 is 2.92 bits per heavy atom. The first-order valence-electron chi connectivity index (χ1n) is 8.76. The molecule has 0 spiro atoms. The highest BCUT2D eigenvalue weighted by atomic mass is 16.2. The van der Waals surface area contributed by atoms with E-state index in [0.717, 1.165) is 50.3 Å². The van der Waals surface area contributed by atoms with Gasteiger partial charge in [0.15, 0.2) is 0 Å². The number of carbonyl (C=O) groups is 1. The lowest BCUT2D eigenvalue weighted by Crippen LogP contribution is -2.46. The van der Waals surface area contributed by atoms with Gasteiger partial charge in [-0.15, -0.1) is 0 Å². The first kappa shape index (κ1) is 16.7. The molecule has 1 atom stereocenters. The Balaban J connectivity index is 1.56. The van der Waals surface area contributed by atoms with Gasteiger partial charge in [0, 0.05) is 25.2 Å². The molecule has 1 aliphatic rings. The molecular formula is C17H26N6O. The Labute approximate surface area is 142 Å². The van der Waals surface area contributed by atoms with Crippen LogP contribution in [0.4, 0.5) is 0 Å². The second-order valence-electron chi connectivity index (χ2n) is 6.61. The molecule has 3 rings (SSSR count). The van der Waals surface area contributed by atoms with Crippen LogP contribution in [0.15, 0.2) is 18.7 Å². The minimum absolute atomic E-state index is 0.251. The van der Waals surface area contributed by atoms with Gasteiger partial charge in [-0.25, -0.2) is 4.98 Å². The molecule has 2 aromatic heterocycles. The van der Waals surface area contributed by atoms with Crippen molar-refractivity contribution in [3.05, 3.63) is 30.1 Å². The lowest BCUT2D eigenvalue weighted by atomic mass is 10.0. The second kappa shape index (κ2) is 7.59. The van der Waals surface area contributed by atoms with E-state index in [1.165, 1.54) is 12.7 Å². The molecular weight excluding hydrogens is 304 g/mol. The van der Waals surface area contributed by atoms with Crippen molar-refractivity contribution in [1.82, 2.24) is 29.4 Å². The maximum absolute atomic E-state index is 12.7. The third-order valence-electron chi connectivity index (χ3n) is 4.68. The monoisotopic (exact) mass is 330 g/mol. The maximum atomic E-state index is 12.7. The fraction of sp³-hybridized carbons (Fsp3) is 0.647. The van der Waals surface area contributed by atoms with Gasteiger partial charge >= 0.3 is 0 Å². The summed E-state index contributed by atoms with van der Waals surface area (Å²) >= 11 is 0. The van der Waals surface area contributed by atoms with E-state index in [-0.39, 0.29) is 11.9 Å². The lowest BCUT2D eigenvalue weighted by Gasteiger charge is -2.36. The van der Waals surface area contributed by atoms with Crippen molar-refractivity contribution in [3.63, 3.8) is 0 Å². The fourth-order valence-corrected chi connectivity index (χ4v) is 3.46. The fourth-order valence-electron chi connectivity index (χ4n) is 3.46. The number of amides is 1. The highest BCUT2D eigenvalue weighted by Gasteiger charge is 2.27. The summed E-state index contributed by atoms with van der Waals surface area (Å²) in [6.45, 7) is 6.49. The predicted octanol–water partition coefficient (Wildman–Crippen LogP) is 1.95. The minimum atomic E-state index is 0.251. The highest BCUT2D eigenvalue weighted by Crippen LogP contribution is 2.20. The lowest BCUT2D eigenvalue weighted by molar-refractivity contribution is -0.135. The van der Waals surface area contributed by atoms with Crippen LogP contribution in [-0.4, -0.2) is 47.9 Å². The Morgan fingerprint density at radius 1 is 1.33 bits per heavy atom. The topological polar surface area (TPSA) is 68.8 Å². The van der Waals surface area contributed by atoms with Crippen molar-refractivity contribution >= 4 is 5.91 Å². The number of aryl methyl sites for hydroxylation is 3. The third kappa shape index (κ3) is 4.01. The van der Waals surface area contributed by atoms with Gasteiger partial charge in [0.1, 0.15) is 12.7 Å². The van der Waals surface area contributed by atoms with Crippen LogP contribution in [0.25, 0.3) is 0 Å². The zero-order valence-corrected chi connectivity index (χ0v) is 14.6. The third-order valence-corrected chi connectivity index (χ3v) is 4.68. The first-order valence-corrected chi connectivity index (χ1v) is 8.76. The summed E-state index contributed by atoms with van der Waals surface area (Å²) in [5, 5.41) is 8.63. The summed E-state index contributed by atoms with van der Waals surface area (Å²) in [4.78, 5) is 18.7. The van der Waals surface area contributed by atoms with E-state index >= 15 is 0 Å². The molecule has 0 aliphatic carbocycles. The number of rotatable bonds is 6. The zero-order chi connectivity index (χ0) is 16.9. The summed E-state index contributed by atoms with van der Waals surface area (Å²) < 4.78 is 3.82. The Kier molecular flexibility index (Phi) is 5.27. The molecule has 7 nitrogen and oxygen atoms in total. The average molecular weight is 330 g/mol. The van der Waals surface area contributed by atoms with Gasteiger partial charge in [0.25, 0.3) is 0 Å². The number of carbonyl (C=O) groups excluding carboxylic acids is 1. The molecule has 0 unspecified atom stereocenters. The summed E-state index contributed by atoms with van der Waals surface area (Å²) in [6.07, 6.45) is 7.93. The van der Waals surface area contributed by atoms with Gasteiger partial charge in [0.2, 0.25) is 5.91 Å². The first-order chi connectivity index (χ1) is 11.6. The molecule has 130 valence electrons. The van der Waals surface area contributed by atoms with Gasteiger partial charge in [-0.1, -0.05) is 0 Å². The van der Waals surface area contributed by atoms with Crippen LogP contribution in [0.5, 0.6) is 0 Å². The van der Waals surface area contributed by atoms with Crippen molar-refractivity contribution in [2.75, 3.05) is 6.54 Å². The van der Waals surface area contributed by atoms with Crippen LogP contribution in [0.3, 0.4) is 0 Å². The summed E-state index contributed by atoms with van der Waals surface area (Å²) in [5.74, 6) is 0.251. The molecule has 2 aromatic rings. The number of nitrogens with zero attached hydrogens (tertiary/aromatic N) is 6. The van der Waals surface area contributed by atoms with E-state index in [1.807, 2.05) is 11.6 Å². The molecule has 3 heterocycles. The van der Waals surface area contributed by atoms with Gasteiger partial charge in [-0.2, -0.15) is 10.2 Å². The van der Waals surface area contributed by atoms with E-state index in [1.54, 1.807) is 11.0 Å². The van der Waals surface area contributed by atoms with E-state index in [9.17, 15) is 4.79 Å². The number of hydrogen-bond acceptors (Lipinski definition) is 4. The number of hydrogen-bond donors (Lipinski definition) is 0. The van der Waals surface area contributed by atoms with Crippen LogP contribution in [-0.2, 0) is 17.9 Å². The second-order valence-corrected chi connectivity index (χ2v) is 6.61. The van der Waals surface area contributed by atoms with Crippen LogP contribution in [0.2, 0.25) is 0 Å². The Hall–Kier alpha value is -2.18. The summed E-state index contributed by atoms with van der Waals surface area (Å²) in [5.41, 5.74) is 2.20. The smallest absolute Gasteiger partial charge is 0.222 e. The van der Waals surface area contributed by atoms with Crippen molar-refractivity contribution in [1.29, 1.82) is 0 Å². The summed E-state index contributed by atoms with van der Waals surface area (Å²) in [7, 11) is 0. The average Bonchev–Trinajstić information content (AvgIpc) is 3.18. The molecule has 0 N–H and O–H groups in total. The van der Waals surface area contributed by atoms with Crippen molar-refractivity contribution in [2.45, 2.75) is 65.1 Å². The van der Waals surface area contributed by atoms with Gasteiger partial charge in [-0.3, -0.25) is 14.2 Å². The standard InChI is InChI=1S/C17H26N6O/c1-14-10-15(2)23(20-14)11-16-6-3-4-9-22(16)17(24)7-5-8-21-13-18-12-19-21/h10,12-13,16H,3-9,11H2,1-2H3/t16-/m0/s1. The van der Waals surface area contributed by atoms with Crippen LogP contribution in [0, 0.1) is 13.8 Å². The van der Waals surface area contributed by atoms with Gasteiger partial charge in [-0.05, 0) is 45.6 Å². The van der Waals surface area contributed by atoms with Crippen LogP contribution < -0.4 is 0 Å². The quantitative estimate of drug-likeness (QED) is 0.812. The van der Waals surface area contributed by atoms with Gasteiger partial charge in [0.05, 0.1) is 18.3 Å². The van der Waals surface area contributed by atoms with Gasteiger partial charge < -0.3 is 4.90 Å². The van der Waals surface area contributed by atoms with Crippen LogP contribution >= 0.6 is 0 Å². The molecule has 1 saturated heterocycles. The van der Waals surface area contributed by atoms with Crippen molar-refractivity contribution < 1.29 is 4.79 Å². The van der Waals surface area contributed by atoms with Crippen molar-refractivity contribution in [3.8, 4) is 0 Å². The Bertz CT molecular complexity index is 663. The molecule has 0 aromatic carbocycles. The van der Waals surface area contributed by atoms with Crippen molar-refractivity contribution in [2.24, 2.45) is 0 Å².